The third-order valence-corrected chi connectivity index (χ3v) is 3.59. The van der Waals surface area contributed by atoms with E-state index in [1.165, 1.54) is 12.1 Å². The van der Waals surface area contributed by atoms with E-state index in [-0.39, 0.29) is 17.8 Å². The normalized spacial score (nSPS) is 13.3. The number of carbonyl (C=O) groups excluding carboxylic acids is 1. The van der Waals surface area contributed by atoms with Crippen LogP contribution in [0.3, 0.4) is 0 Å². The van der Waals surface area contributed by atoms with Crippen LogP contribution in [0.4, 0.5) is 9.18 Å². The molecule has 0 saturated carbocycles. The number of rotatable bonds is 6. The molecule has 3 N–H and O–H groups in total. The van der Waals surface area contributed by atoms with Crippen molar-refractivity contribution < 1.29 is 13.9 Å². The Labute approximate surface area is 155 Å². The highest BCUT2D eigenvalue weighted by Gasteiger charge is 2.21. The zero-order valence-electron chi connectivity index (χ0n) is 16.5. The number of carbonyl (C=O) groups is 1. The Hall–Kier alpha value is -2.31. The maximum absolute atomic E-state index is 12.9. The largest absolute Gasteiger partial charge is 0.444 e. The van der Waals surface area contributed by atoms with Gasteiger partial charge in [0.15, 0.2) is 5.96 Å². The molecule has 1 aromatic carbocycles. The number of halogens is 1. The van der Waals surface area contributed by atoms with Gasteiger partial charge in [-0.25, -0.2) is 9.18 Å². The molecule has 1 aromatic rings. The van der Waals surface area contributed by atoms with Crippen molar-refractivity contribution in [2.45, 2.75) is 52.8 Å². The van der Waals surface area contributed by atoms with Crippen LogP contribution in [0.25, 0.3) is 0 Å². The highest BCUT2D eigenvalue weighted by atomic mass is 19.1. The molecule has 0 aliphatic carbocycles. The molecule has 7 heteroatoms. The summed E-state index contributed by atoms with van der Waals surface area (Å²) >= 11 is 0. The van der Waals surface area contributed by atoms with Gasteiger partial charge >= 0.3 is 6.09 Å². The average molecular weight is 366 g/mol. The van der Waals surface area contributed by atoms with Gasteiger partial charge in [-0.2, -0.15) is 0 Å². The molecule has 26 heavy (non-hydrogen) atoms. The molecule has 1 amide bonds. The summed E-state index contributed by atoms with van der Waals surface area (Å²) in [5.74, 6) is 0.556. The van der Waals surface area contributed by atoms with Crippen molar-refractivity contribution in [3.8, 4) is 0 Å². The van der Waals surface area contributed by atoms with E-state index in [2.05, 4.69) is 20.9 Å². The van der Waals surface area contributed by atoms with Gasteiger partial charge in [-0.1, -0.05) is 26.0 Å². The second kappa shape index (κ2) is 9.99. The van der Waals surface area contributed by atoms with E-state index < -0.39 is 11.7 Å². The molecule has 0 aromatic heterocycles. The van der Waals surface area contributed by atoms with Crippen molar-refractivity contribution in [1.82, 2.24) is 16.0 Å². The maximum atomic E-state index is 12.9. The third-order valence-electron chi connectivity index (χ3n) is 3.59. The fourth-order valence-electron chi connectivity index (χ4n) is 2.13. The van der Waals surface area contributed by atoms with Gasteiger partial charge in [-0.05, 0) is 44.4 Å². The molecule has 0 spiro atoms. The standard InChI is InChI=1S/C19H31FN4O2/c1-13(2)16(24-18(25)26-19(3,4)5)12-23-17(21-6)22-11-14-7-9-15(20)10-8-14/h7-10,13,16H,11-12H2,1-6H3,(H,24,25)(H2,21,22,23). The van der Waals surface area contributed by atoms with E-state index in [1.54, 1.807) is 19.2 Å². The van der Waals surface area contributed by atoms with Gasteiger partial charge in [0.2, 0.25) is 0 Å². The first kappa shape index (κ1) is 21.7. The molecule has 1 rings (SSSR count). The molecule has 1 unspecified atom stereocenters. The number of benzene rings is 1. The molecule has 0 fully saturated rings. The molecular weight excluding hydrogens is 335 g/mol. The number of alkyl carbamates (subject to hydrolysis) is 1. The van der Waals surface area contributed by atoms with E-state index in [1.807, 2.05) is 34.6 Å². The lowest BCUT2D eigenvalue weighted by molar-refractivity contribution is 0.0491. The summed E-state index contributed by atoms with van der Waals surface area (Å²) in [6.45, 7) is 10.6. The first-order valence-corrected chi connectivity index (χ1v) is 8.79. The van der Waals surface area contributed by atoms with Gasteiger partial charge in [0.1, 0.15) is 11.4 Å². The Morgan fingerprint density at radius 3 is 2.31 bits per heavy atom. The number of hydrogen-bond acceptors (Lipinski definition) is 3. The molecule has 0 bridgehead atoms. The Morgan fingerprint density at radius 1 is 1.19 bits per heavy atom. The van der Waals surface area contributed by atoms with Crippen LogP contribution < -0.4 is 16.0 Å². The molecule has 0 aliphatic heterocycles. The van der Waals surface area contributed by atoms with Crippen molar-refractivity contribution in [3.63, 3.8) is 0 Å². The first-order chi connectivity index (χ1) is 12.1. The summed E-state index contributed by atoms with van der Waals surface area (Å²) in [6, 6.07) is 6.17. The number of guanidine groups is 1. The fraction of sp³-hybridized carbons (Fsp3) is 0.579. The van der Waals surface area contributed by atoms with Crippen LogP contribution in [0, 0.1) is 11.7 Å². The molecule has 0 aliphatic rings. The Balaban J connectivity index is 2.52. The van der Waals surface area contributed by atoms with Crippen molar-refractivity contribution in [2.24, 2.45) is 10.9 Å². The lowest BCUT2D eigenvalue weighted by atomic mass is 10.0. The number of hydrogen-bond donors (Lipinski definition) is 3. The van der Waals surface area contributed by atoms with E-state index in [9.17, 15) is 9.18 Å². The van der Waals surface area contributed by atoms with Gasteiger partial charge in [0.25, 0.3) is 0 Å². The minimum atomic E-state index is -0.536. The highest BCUT2D eigenvalue weighted by Crippen LogP contribution is 2.08. The van der Waals surface area contributed by atoms with Crippen LogP contribution in [0.1, 0.15) is 40.2 Å². The summed E-state index contributed by atoms with van der Waals surface area (Å²) in [5.41, 5.74) is 0.410. The highest BCUT2D eigenvalue weighted by molar-refractivity contribution is 5.79. The van der Waals surface area contributed by atoms with Gasteiger partial charge in [0.05, 0.1) is 6.04 Å². The van der Waals surface area contributed by atoms with Gasteiger partial charge in [0, 0.05) is 20.1 Å². The van der Waals surface area contributed by atoms with Crippen LogP contribution in [-0.4, -0.2) is 37.3 Å². The molecule has 146 valence electrons. The number of amides is 1. The second-order valence-corrected chi connectivity index (χ2v) is 7.43. The number of nitrogens with one attached hydrogen (secondary N) is 3. The summed E-state index contributed by atoms with van der Waals surface area (Å²) in [6.07, 6.45) is -0.438. The van der Waals surface area contributed by atoms with Crippen LogP contribution in [0.5, 0.6) is 0 Å². The topological polar surface area (TPSA) is 74.8 Å². The van der Waals surface area contributed by atoms with Gasteiger partial charge in [-0.15, -0.1) is 0 Å². The van der Waals surface area contributed by atoms with Crippen molar-refractivity contribution >= 4 is 12.1 Å². The minimum absolute atomic E-state index is 0.116. The van der Waals surface area contributed by atoms with Crippen LogP contribution in [0.2, 0.25) is 0 Å². The molecule has 0 heterocycles. The monoisotopic (exact) mass is 366 g/mol. The van der Waals surface area contributed by atoms with Crippen LogP contribution >= 0.6 is 0 Å². The molecule has 6 nitrogen and oxygen atoms in total. The zero-order chi connectivity index (χ0) is 19.7. The van der Waals surface area contributed by atoms with Crippen LogP contribution in [-0.2, 0) is 11.3 Å². The number of ether oxygens (including phenoxy) is 1. The SMILES string of the molecule is CN=C(NCc1ccc(F)cc1)NCC(NC(=O)OC(C)(C)C)C(C)C. The van der Waals surface area contributed by atoms with Gasteiger partial charge < -0.3 is 20.7 Å². The summed E-state index contributed by atoms with van der Waals surface area (Å²) in [7, 11) is 1.67. The summed E-state index contributed by atoms with van der Waals surface area (Å²) in [4.78, 5) is 16.2. The number of nitrogens with zero attached hydrogens (tertiary/aromatic N) is 1. The molecule has 1 atom stereocenters. The predicted octanol–water partition coefficient (Wildman–Crippen LogP) is 3.04. The molecule has 0 radical (unpaired) electrons. The van der Waals surface area contributed by atoms with Gasteiger partial charge in [-0.3, -0.25) is 4.99 Å². The van der Waals surface area contributed by atoms with Crippen LogP contribution in [0.15, 0.2) is 29.3 Å². The van der Waals surface area contributed by atoms with E-state index >= 15 is 0 Å². The quantitative estimate of drug-likeness (QED) is 0.534. The maximum Gasteiger partial charge on any atom is 0.407 e. The first-order valence-electron chi connectivity index (χ1n) is 8.79. The zero-order valence-corrected chi connectivity index (χ0v) is 16.5. The average Bonchev–Trinajstić information content (AvgIpc) is 2.53. The Kier molecular flexibility index (Phi) is 8.35. The second-order valence-electron chi connectivity index (χ2n) is 7.43. The van der Waals surface area contributed by atoms with E-state index in [0.717, 1.165) is 5.56 Å². The minimum Gasteiger partial charge on any atom is -0.444 e. The predicted molar refractivity (Wildman–Crippen MR) is 103 cm³/mol. The van der Waals surface area contributed by atoms with E-state index in [0.29, 0.717) is 19.0 Å². The lowest BCUT2D eigenvalue weighted by Gasteiger charge is -2.26. The third kappa shape index (κ3) is 8.69. The summed E-state index contributed by atoms with van der Waals surface area (Å²) in [5, 5.41) is 9.24. The lowest BCUT2D eigenvalue weighted by Crippen LogP contribution is -2.50. The Bertz CT molecular complexity index is 595. The number of aliphatic imine (C=N–C) groups is 1. The summed E-state index contributed by atoms with van der Waals surface area (Å²) < 4.78 is 18.3. The molecular formula is C19H31FN4O2. The smallest absolute Gasteiger partial charge is 0.407 e. The molecule has 0 saturated heterocycles. The van der Waals surface area contributed by atoms with Crippen molar-refractivity contribution in [3.05, 3.63) is 35.6 Å². The van der Waals surface area contributed by atoms with Crippen molar-refractivity contribution in [2.75, 3.05) is 13.6 Å². The van der Waals surface area contributed by atoms with Crippen molar-refractivity contribution in [1.29, 1.82) is 0 Å². The van der Waals surface area contributed by atoms with E-state index in [4.69, 9.17) is 4.74 Å². The Morgan fingerprint density at radius 2 is 1.81 bits per heavy atom. The fourth-order valence-corrected chi connectivity index (χ4v) is 2.13.